The maximum Gasteiger partial charge on any atom is 0.134 e. The third-order valence-corrected chi connectivity index (χ3v) is 4.74. The Labute approximate surface area is 156 Å². The second kappa shape index (κ2) is 8.49. The maximum absolute atomic E-state index is 4.68. The SMILES string of the molecule is CC(C)Nc1cc(N2CCC[C@@H](c3nccn3CCN(C)C)C2)ncn1. The fourth-order valence-corrected chi connectivity index (χ4v) is 3.47. The lowest BCUT2D eigenvalue weighted by atomic mass is 9.97. The number of piperidine rings is 1. The summed E-state index contributed by atoms with van der Waals surface area (Å²) in [6.07, 6.45) is 8.02. The molecule has 1 atom stereocenters. The van der Waals surface area contributed by atoms with Gasteiger partial charge in [-0.2, -0.15) is 0 Å². The normalized spacial score (nSPS) is 17.9. The Morgan fingerprint density at radius 1 is 1.27 bits per heavy atom. The summed E-state index contributed by atoms with van der Waals surface area (Å²) < 4.78 is 2.31. The number of aromatic nitrogens is 4. The van der Waals surface area contributed by atoms with Gasteiger partial charge in [0.15, 0.2) is 0 Å². The van der Waals surface area contributed by atoms with E-state index in [0.29, 0.717) is 12.0 Å². The van der Waals surface area contributed by atoms with E-state index >= 15 is 0 Å². The van der Waals surface area contributed by atoms with Gasteiger partial charge >= 0.3 is 0 Å². The van der Waals surface area contributed by atoms with Crippen molar-refractivity contribution in [3.8, 4) is 0 Å². The van der Waals surface area contributed by atoms with Crippen LogP contribution < -0.4 is 10.2 Å². The molecule has 7 nitrogen and oxygen atoms in total. The number of hydrogen-bond donors (Lipinski definition) is 1. The Bertz CT molecular complexity index is 695. The van der Waals surface area contributed by atoms with Gasteiger partial charge in [-0.3, -0.25) is 0 Å². The van der Waals surface area contributed by atoms with Gasteiger partial charge in [0.05, 0.1) is 0 Å². The summed E-state index contributed by atoms with van der Waals surface area (Å²) in [5.74, 6) is 3.53. The van der Waals surface area contributed by atoms with Crippen molar-refractivity contribution >= 4 is 11.6 Å². The summed E-state index contributed by atoms with van der Waals surface area (Å²) in [6, 6.07) is 2.41. The quantitative estimate of drug-likeness (QED) is 0.821. The minimum atomic E-state index is 0.357. The van der Waals surface area contributed by atoms with Crippen molar-refractivity contribution in [1.29, 1.82) is 0 Å². The maximum atomic E-state index is 4.68. The van der Waals surface area contributed by atoms with Crippen LogP contribution in [0.4, 0.5) is 11.6 Å². The van der Waals surface area contributed by atoms with Crippen LogP contribution in [0.3, 0.4) is 0 Å². The number of anilines is 2. The summed E-state index contributed by atoms with van der Waals surface area (Å²) in [4.78, 5) is 18.1. The van der Waals surface area contributed by atoms with Crippen LogP contribution in [0.15, 0.2) is 24.8 Å². The van der Waals surface area contributed by atoms with Gasteiger partial charge in [-0.05, 0) is 40.8 Å². The van der Waals surface area contributed by atoms with Crippen LogP contribution in [0.25, 0.3) is 0 Å². The molecule has 2 aromatic rings. The molecular formula is C19H31N7. The van der Waals surface area contributed by atoms with E-state index in [0.717, 1.165) is 44.2 Å². The van der Waals surface area contributed by atoms with Crippen molar-refractivity contribution in [2.75, 3.05) is 43.9 Å². The Balaban J connectivity index is 1.71. The molecule has 3 heterocycles. The lowest BCUT2D eigenvalue weighted by Gasteiger charge is -2.33. The molecule has 142 valence electrons. The molecule has 1 fully saturated rings. The van der Waals surface area contributed by atoms with Crippen LogP contribution in [0, 0.1) is 0 Å². The van der Waals surface area contributed by atoms with Crippen LogP contribution in [0.5, 0.6) is 0 Å². The van der Waals surface area contributed by atoms with Crippen molar-refractivity contribution in [2.24, 2.45) is 0 Å². The highest BCUT2D eigenvalue weighted by Gasteiger charge is 2.25. The first kappa shape index (κ1) is 18.6. The van der Waals surface area contributed by atoms with E-state index in [1.807, 2.05) is 6.20 Å². The molecule has 1 aliphatic heterocycles. The minimum absolute atomic E-state index is 0.357. The minimum Gasteiger partial charge on any atom is -0.368 e. The van der Waals surface area contributed by atoms with Crippen LogP contribution in [-0.2, 0) is 6.54 Å². The highest BCUT2D eigenvalue weighted by molar-refractivity contribution is 5.49. The highest BCUT2D eigenvalue weighted by atomic mass is 15.2. The fraction of sp³-hybridized carbons (Fsp3) is 0.632. The number of nitrogens with zero attached hydrogens (tertiary/aromatic N) is 6. The van der Waals surface area contributed by atoms with E-state index in [1.54, 1.807) is 6.33 Å². The summed E-state index contributed by atoms with van der Waals surface area (Å²) in [5.41, 5.74) is 0. The largest absolute Gasteiger partial charge is 0.368 e. The van der Waals surface area contributed by atoms with Crippen molar-refractivity contribution in [2.45, 2.75) is 45.2 Å². The van der Waals surface area contributed by atoms with Gasteiger partial charge in [-0.1, -0.05) is 0 Å². The Morgan fingerprint density at radius 2 is 2.12 bits per heavy atom. The van der Waals surface area contributed by atoms with Crippen LogP contribution in [0.2, 0.25) is 0 Å². The third kappa shape index (κ3) is 4.72. The summed E-state index contributed by atoms with van der Waals surface area (Å²) in [7, 11) is 4.22. The molecule has 3 rings (SSSR count). The molecule has 0 unspecified atom stereocenters. The molecule has 1 N–H and O–H groups in total. The van der Waals surface area contributed by atoms with E-state index in [1.165, 1.54) is 12.2 Å². The fourth-order valence-electron chi connectivity index (χ4n) is 3.47. The lowest BCUT2D eigenvalue weighted by molar-refractivity contribution is 0.373. The number of rotatable bonds is 7. The van der Waals surface area contributed by atoms with E-state index < -0.39 is 0 Å². The number of imidazole rings is 1. The van der Waals surface area contributed by atoms with E-state index in [4.69, 9.17) is 0 Å². The second-order valence-electron chi connectivity index (χ2n) is 7.63. The molecule has 0 saturated carbocycles. The van der Waals surface area contributed by atoms with Gasteiger partial charge in [0.1, 0.15) is 23.8 Å². The molecule has 2 aromatic heterocycles. The van der Waals surface area contributed by atoms with Crippen molar-refractivity contribution in [1.82, 2.24) is 24.4 Å². The molecule has 0 amide bonds. The summed E-state index contributed by atoms with van der Waals surface area (Å²) in [6.45, 7) is 8.23. The molecule has 0 aromatic carbocycles. The number of hydrogen-bond acceptors (Lipinski definition) is 6. The van der Waals surface area contributed by atoms with E-state index in [9.17, 15) is 0 Å². The van der Waals surface area contributed by atoms with Crippen LogP contribution >= 0.6 is 0 Å². The topological polar surface area (TPSA) is 62.1 Å². The Morgan fingerprint density at radius 3 is 2.88 bits per heavy atom. The third-order valence-electron chi connectivity index (χ3n) is 4.74. The molecule has 1 saturated heterocycles. The van der Waals surface area contributed by atoms with Gasteiger partial charge in [0, 0.05) is 56.6 Å². The predicted octanol–water partition coefficient (Wildman–Crippen LogP) is 2.44. The second-order valence-corrected chi connectivity index (χ2v) is 7.63. The summed E-state index contributed by atoms with van der Waals surface area (Å²) >= 11 is 0. The molecule has 0 bridgehead atoms. The first-order valence-electron chi connectivity index (χ1n) is 9.52. The number of likely N-dealkylation sites (N-methyl/N-ethyl adjacent to an activating group) is 1. The molecular weight excluding hydrogens is 326 g/mol. The Hall–Kier alpha value is -2.15. The molecule has 0 aliphatic carbocycles. The standard InChI is InChI=1S/C19H31N7/c1-15(2)23-17-12-18(22-14-21-17)26-8-5-6-16(13-26)19-20-7-9-25(19)11-10-24(3)4/h7,9,12,14-16H,5-6,8,10-11,13H2,1-4H3,(H,21,22,23)/t16-/m1/s1. The van der Waals surface area contributed by atoms with Gasteiger partial charge in [0.2, 0.25) is 0 Å². The first-order chi connectivity index (χ1) is 12.5. The van der Waals surface area contributed by atoms with Crippen molar-refractivity contribution in [3.63, 3.8) is 0 Å². The zero-order chi connectivity index (χ0) is 18.5. The highest BCUT2D eigenvalue weighted by Crippen LogP contribution is 2.29. The van der Waals surface area contributed by atoms with Crippen molar-refractivity contribution < 1.29 is 0 Å². The number of nitrogens with one attached hydrogen (secondary N) is 1. The van der Waals surface area contributed by atoms with Crippen LogP contribution in [0.1, 0.15) is 38.4 Å². The average molecular weight is 358 g/mol. The van der Waals surface area contributed by atoms with Gasteiger partial charge in [-0.25, -0.2) is 15.0 Å². The van der Waals surface area contributed by atoms with Gasteiger partial charge in [0.25, 0.3) is 0 Å². The molecule has 0 spiro atoms. The van der Waals surface area contributed by atoms with E-state index in [-0.39, 0.29) is 0 Å². The molecule has 7 heteroatoms. The lowest BCUT2D eigenvalue weighted by Crippen LogP contribution is -2.36. The van der Waals surface area contributed by atoms with Crippen molar-refractivity contribution in [3.05, 3.63) is 30.6 Å². The molecule has 1 aliphatic rings. The molecule has 26 heavy (non-hydrogen) atoms. The average Bonchev–Trinajstić information content (AvgIpc) is 3.08. The summed E-state index contributed by atoms with van der Waals surface area (Å²) in [5, 5.41) is 3.36. The first-order valence-corrected chi connectivity index (χ1v) is 9.52. The predicted molar refractivity (Wildman–Crippen MR) is 106 cm³/mol. The molecule has 0 radical (unpaired) electrons. The van der Waals surface area contributed by atoms with Gasteiger partial charge < -0.3 is 19.7 Å². The Kier molecular flexibility index (Phi) is 6.08. The monoisotopic (exact) mass is 357 g/mol. The van der Waals surface area contributed by atoms with E-state index in [2.05, 4.69) is 74.8 Å². The zero-order valence-corrected chi connectivity index (χ0v) is 16.4. The zero-order valence-electron chi connectivity index (χ0n) is 16.4. The van der Waals surface area contributed by atoms with Gasteiger partial charge in [-0.15, -0.1) is 0 Å². The van der Waals surface area contributed by atoms with Crippen LogP contribution in [-0.4, -0.2) is 64.2 Å². The smallest absolute Gasteiger partial charge is 0.134 e.